The minimum absolute atomic E-state index is 0.264. The van der Waals surface area contributed by atoms with E-state index in [2.05, 4.69) is 5.32 Å². The molecule has 1 fully saturated rings. The van der Waals surface area contributed by atoms with Gasteiger partial charge in [0.25, 0.3) is 0 Å². The van der Waals surface area contributed by atoms with Crippen LogP contribution in [0.15, 0.2) is 0 Å². The molecular formula is C10H18N2O3. The predicted octanol–water partition coefficient (Wildman–Crippen LogP) is 1.05. The molecule has 1 aliphatic rings. The van der Waals surface area contributed by atoms with Crippen LogP contribution in [0, 0.1) is 0 Å². The summed E-state index contributed by atoms with van der Waals surface area (Å²) >= 11 is 0. The second kappa shape index (κ2) is 4.51. The lowest BCUT2D eigenvalue weighted by Crippen LogP contribution is -2.60. The van der Waals surface area contributed by atoms with Crippen LogP contribution in [0.25, 0.3) is 0 Å². The number of carbonyl (C=O) groups is 2. The monoisotopic (exact) mass is 214 g/mol. The smallest absolute Gasteiger partial charge is 0.329 e. The van der Waals surface area contributed by atoms with E-state index >= 15 is 0 Å². The number of amides is 2. The van der Waals surface area contributed by atoms with E-state index in [-0.39, 0.29) is 6.03 Å². The molecule has 0 aliphatic carbocycles. The van der Waals surface area contributed by atoms with Crippen LogP contribution in [0.2, 0.25) is 0 Å². The lowest BCUT2D eigenvalue weighted by molar-refractivity contribution is -0.149. The van der Waals surface area contributed by atoms with E-state index in [1.807, 2.05) is 6.92 Å². The molecule has 1 atom stereocenters. The van der Waals surface area contributed by atoms with Gasteiger partial charge in [0, 0.05) is 13.1 Å². The molecule has 0 radical (unpaired) electrons. The maximum Gasteiger partial charge on any atom is 0.329 e. The Kier molecular flexibility index (Phi) is 3.55. The first-order valence-electron chi connectivity index (χ1n) is 5.31. The summed E-state index contributed by atoms with van der Waals surface area (Å²) in [6.45, 7) is 4.69. The Morgan fingerprint density at radius 1 is 1.67 bits per heavy atom. The molecule has 15 heavy (non-hydrogen) atoms. The summed E-state index contributed by atoms with van der Waals surface area (Å²) in [5.41, 5.74) is -1.07. The molecule has 0 aromatic carbocycles. The number of aliphatic carboxylic acids is 1. The molecule has 0 spiro atoms. The van der Waals surface area contributed by atoms with E-state index in [0.29, 0.717) is 19.5 Å². The van der Waals surface area contributed by atoms with Crippen molar-refractivity contribution in [3.63, 3.8) is 0 Å². The Balaban J connectivity index is 2.87. The third kappa shape index (κ3) is 2.22. The summed E-state index contributed by atoms with van der Waals surface area (Å²) in [4.78, 5) is 24.2. The fraction of sp³-hybridized carbons (Fsp3) is 0.800. The van der Waals surface area contributed by atoms with Crippen molar-refractivity contribution in [2.45, 2.75) is 38.6 Å². The Morgan fingerprint density at radius 3 is 2.80 bits per heavy atom. The minimum atomic E-state index is -1.07. The molecule has 1 rings (SSSR count). The molecular weight excluding hydrogens is 196 g/mol. The van der Waals surface area contributed by atoms with Gasteiger partial charge >= 0.3 is 12.0 Å². The molecule has 1 saturated heterocycles. The molecule has 0 bridgehead atoms. The van der Waals surface area contributed by atoms with E-state index in [1.165, 1.54) is 4.90 Å². The van der Waals surface area contributed by atoms with Gasteiger partial charge in [0.2, 0.25) is 0 Å². The first kappa shape index (κ1) is 11.8. The largest absolute Gasteiger partial charge is 0.480 e. The highest BCUT2D eigenvalue weighted by Crippen LogP contribution is 2.23. The van der Waals surface area contributed by atoms with Crippen LogP contribution in [-0.4, -0.2) is 40.6 Å². The molecule has 0 saturated carbocycles. The number of nitrogens with zero attached hydrogens (tertiary/aromatic N) is 1. The molecule has 1 heterocycles. The van der Waals surface area contributed by atoms with E-state index < -0.39 is 11.5 Å². The van der Waals surface area contributed by atoms with Gasteiger partial charge in [-0.15, -0.1) is 0 Å². The van der Waals surface area contributed by atoms with E-state index in [9.17, 15) is 14.7 Å². The number of carboxylic acid groups (broad SMARTS) is 1. The summed E-state index contributed by atoms with van der Waals surface area (Å²) in [6.07, 6.45) is 2.03. The van der Waals surface area contributed by atoms with Crippen molar-refractivity contribution in [1.29, 1.82) is 0 Å². The first-order valence-corrected chi connectivity index (χ1v) is 5.31. The quantitative estimate of drug-likeness (QED) is 0.734. The Bertz CT molecular complexity index is 267. The third-order valence-electron chi connectivity index (χ3n) is 2.87. The van der Waals surface area contributed by atoms with Gasteiger partial charge in [0.05, 0.1) is 0 Å². The zero-order chi connectivity index (χ0) is 11.5. The van der Waals surface area contributed by atoms with E-state index in [4.69, 9.17) is 0 Å². The molecule has 1 unspecified atom stereocenters. The molecule has 5 heteroatoms. The maximum atomic E-state index is 11.6. The van der Waals surface area contributed by atoms with Gasteiger partial charge in [-0.05, 0) is 19.8 Å². The van der Waals surface area contributed by atoms with Gasteiger partial charge in [-0.1, -0.05) is 13.3 Å². The minimum Gasteiger partial charge on any atom is -0.480 e. The highest BCUT2D eigenvalue weighted by atomic mass is 16.4. The number of carboxylic acids is 1. The average molecular weight is 214 g/mol. The van der Waals surface area contributed by atoms with Crippen LogP contribution >= 0.6 is 0 Å². The molecule has 86 valence electrons. The highest BCUT2D eigenvalue weighted by Gasteiger charge is 2.42. The van der Waals surface area contributed by atoms with Crippen LogP contribution in [0.3, 0.4) is 0 Å². The topological polar surface area (TPSA) is 69.6 Å². The van der Waals surface area contributed by atoms with Gasteiger partial charge < -0.3 is 15.3 Å². The first-order chi connectivity index (χ1) is 7.02. The van der Waals surface area contributed by atoms with Crippen molar-refractivity contribution < 1.29 is 14.7 Å². The predicted molar refractivity (Wildman–Crippen MR) is 55.7 cm³/mol. The van der Waals surface area contributed by atoms with E-state index in [1.54, 1.807) is 6.92 Å². The lowest BCUT2D eigenvalue weighted by Gasteiger charge is -2.40. The van der Waals surface area contributed by atoms with Gasteiger partial charge in [-0.2, -0.15) is 0 Å². The number of nitrogens with one attached hydrogen (secondary N) is 1. The van der Waals surface area contributed by atoms with Crippen molar-refractivity contribution >= 4 is 12.0 Å². The maximum absolute atomic E-state index is 11.6. The standard InChI is InChI=1S/C10H18N2O3/c1-3-5-10(2,8(13)14)12-7-4-6-11-9(12)15/h3-7H2,1-2H3,(H,11,15)(H,13,14). The van der Waals surface area contributed by atoms with Crippen LogP contribution in [0.4, 0.5) is 4.79 Å². The molecule has 2 amide bonds. The summed E-state index contributed by atoms with van der Waals surface area (Å²) in [5, 5.41) is 11.9. The Labute approximate surface area is 89.4 Å². The van der Waals surface area contributed by atoms with Gasteiger partial charge in [-0.25, -0.2) is 9.59 Å². The number of carbonyl (C=O) groups excluding carboxylic acids is 1. The van der Waals surface area contributed by atoms with Crippen molar-refractivity contribution in [2.24, 2.45) is 0 Å². The van der Waals surface area contributed by atoms with Crippen molar-refractivity contribution in [3.05, 3.63) is 0 Å². The normalized spacial score (nSPS) is 20.7. The van der Waals surface area contributed by atoms with E-state index in [0.717, 1.165) is 12.8 Å². The number of urea groups is 1. The SMILES string of the molecule is CCCC(C)(C(=O)O)N1CCCNC1=O. The molecule has 1 aliphatic heterocycles. The van der Waals surface area contributed by atoms with Gasteiger partial charge in [0.15, 0.2) is 0 Å². The van der Waals surface area contributed by atoms with Crippen LogP contribution < -0.4 is 5.32 Å². The number of hydrogen-bond acceptors (Lipinski definition) is 2. The van der Waals surface area contributed by atoms with Crippen molar-refractivity contribution in [2.75, 3.05) is 13.1 Å². The number of hydrogen-bond donors (Lipinski definition) is 2. The average Bonchev–Trinajstić information content (AvgIpc) is 2.18. The highest BCUT2D eigenvalue weighted by molar-refractivity contribution is 5.86. The summed E-state index contributed by atoms with van der Waals surface area (Å²) in [7, 11) is 0. The number of rotatable bonds is 4. The summed E-state index contributed by atoms with van der Waals surface area (Å²) < 4.78 is 0. The van der Waals surface area contributed by atoms with Gasteiger partial charge in [0.1, 0.15) is 5.54 Å². The fourth-order valence-electron chi connectivity index (χ4n) is 1.94. The van der Waals surface area contributed by atoms with Gasteiger partial charge in [-0.3, -0.25) is 0 Å². The zero-order valence-corrected chi connectivity index (χ0v) is 9.25. The van der Waals surface area contributed by atoms with Crippen molar-refractivity contribution in [1.82, 2.24) is 10.2 Å². The van der Waals surface area contributed by atoms with Crippen LogP contribution in [-0.2, 0) is 4.79 Å². The second-order valence-corrected chi connectivity index (χ2v) is 4.07. The zero-order valence-electron chi connectivity index (χ0n) is 9.25. The summed E-state index contributed by atoms with van der Waals surface area (Å²) in [5.74, 6) is -0.929. The molecule has 0 aromatic rings. The summed E-state index contributed by atoms with van der Waals surface area (Å²) in [6, 6.07) is -0.264. The molecule has 0 aromatic heterocycles. The van der Waals surface area contributed by atoms with Crippen LogP contribution in [0.1, 0.15) is 33.1 Å². The third-order valence-corrected chi connectivity index (χ3v) is 2.87. The molecule has 2 N–H and O–H groups in total. The fourth-order valence-corrected chi connectivity index (χ4v) is 1.94. The Morgan fingerprint density at radius 2 is 2.33 bits per heavy atom. The van der Waals surface area contributed by atoms with Crippen LogP contribution in [0.5, 0.6) is 0 Å². The molecule has 5 nitrogen and oxygen atoms in total. The Hall–Kier alpha value is -1.26. The second-order valence-electron chi connectivity index (χ2n) is 4.07. The van der Waals surface area contributed by atoms with Crippen molar-refractivity contribution in [3.8, 4) is 0 Å². The lowest BCUT2D eigenvalue weighted by atomic mass is 9.93.